The zero-order valence-corrected chi connectivity index (χ0v) is 18.3. The van der Waals surface area contributed by atoms with E-state index in [4.69, 9.17) is 20.8 Å². The Bertz CT molecular complexity index is 1210. The number of hydrogen-bond donors (Lipinski definition) is 0. The second-order valence-electron chi connectivity index (χ2n) is 6.37. The molecule has 0 saturated carbocycles. The minimum atomic E-state index is -0.515. The van der Waals surface area contributed by atoms with Gasteiger partial charge < -0.3 is 13.9 Å². The van der Waals surface area contributed by atoms with Crippen LogP contribution in [0.2, 0.25) is 5.02 Å². The molecule has 2 aromatic heterocycles. The summed E-state index contributed by atoms with van der Waals surface area (Å²) >= 11 is 7.80. The number of nitrogens with zero attached hydrogens (tertiary/aromatic N) is 3. The number of halogens is 1. The molecule has 0 saturated heterocycles. The van der Waals surface area contributed by atoms with E-state index in [-0.39, 0.29) is 5.76 Å². The molecule has 0 aliphatic carbocycles. The minimum absolute atomic E-state index is 0.159. The third-order valence-corrected chi connectivity index (χ3v) is 5.70. The summed E-state index contributed by atoms with van der Waals surface area (Å²) in [7, 11) is 2.88. The van der Waals surface area contributed by atoms with E-state index in [0.29, 0.717) is 33.3 Å². The van der Waals surface area contributed by atoms with Gasteiger partial charge in [0.05, 0.1) is 30.7 Å². The molecule has 0 radical (unpaired) electrons. The highest BCUT2D eigenvalue weighted by Gasteiger charge is 2.18. The summed E-state index contributed by atoms with van der Waals surface area (Å²) in [6, 6.07) is 18.6. The van der Waals surface area contributed by atoms with E-state index in [2.05, 4.69) is 14.9 Å². The number of carbonyl (C=O) groups is 1. The molecule has 0 unspecified atom stereocenters. The number of rotatable bonds is 7. The van der Waals surface area contributed by atoms with Gasteiger partial charge in [-0.05, 0) is 30.3 Å². The predicted molar refractivity (Wildman–Crippen MR) is 118 cm³/mol. The molecular formula is C22H18ClN3O4S. The molecule has 9 heteroatoms. The number of aromatic nitrogens is 3. The lowest BCUT2D eigenvalue weighted by Gasteiger charge is -2.12. The second kappa shape index (κ2) is 9.28. The van der Waals surface area contributed by atoms with Crippen LogP contribution in [-0.2, 0) is 10.5 Å². The summed E-state index contributed by atoms with van der Waals surface area (Å²) in [5.74, 6) is 1.98. The molecular weight excluding hydrogens is 438 g/mol. The van der Waals surface area contributed by atoms with Crippen LogP contribution in [-0.4, -0.2) is 35.0 Å². The van der Waals surface area contributed by atoms with Gasteiger partial charge in [-0.2, -0.15) is 0 Å². The average Bonchev–Trinajstić information content (AvgIpc) is 3.45. The van der Waals surface area contributed by atoms with Crippen molar-refractivity contribution in [3.8, 4) is 22.8 Å². The number of carbonyl (C=O) groups excluding carboxylic acids is 1. The molecule has 0 atom stereocenters. The first-order valence-corrected chi connectivity index (χ1v) is 10.6. The van der Waals surface area contributed by atoms with E-state index < -0.39 is 5.97 Å². The van der Waals surface area contributed by atoms with Gasteiger partial charge in [0.15, 0.2) is 11.0 Å². The van der Waals surface area contributed by atoms with Gasteiger partial charge in [-0.25, -0.2) is 4.79 Å². The van der Waals surface area contributed by atoms with Crippen molar-refractivity contribution < 1.29 is 18.7 Å². The highest BCUT2D eigenvalue weighted by atomic mass is 35.5. The quantitative estimate of drug-likeness (QED) is 0.277. The third kappa shape index (κ3) is 4.45. The molecule has 2 aromatic carbocycles. The SMILES string of the molecule is COC(=O)c1ccc(CSc2nnc(-c3ccccc3)n2-c2ccc(OC)c(Cl)c2)o1. The fourth-order valence-electron chi connectivity index (χ4n) is 2.97. The van der Waals surface area contributed by atoms with Gasteiger partial charge in [0.25, 0.3) is 0 Å². The number of ether oxygens (including phenoxy) is 2. The molecule has 4 aromatic rings. The second-order valence-corrected chi connectivity index (χ2v) is 7.72. The van der Waals surface area contributed by atoms with Crippen LogP contribution in [0.1, 0.15) is 16.3 Å². The first-order chi connectivity index (χ1) is 15.1. The lowest BCUT2D eigenvalue weighted by Crippen LogP contribution is -2.00. The number of methoxy groups -OCH3 is 2. The fourth-order valence-corrected chi connectivity index (χ4v) is 4.06. The van der Waals surface area contributed by atoms with Gasteiger partial charge >= 0.3 is 5.97 Å². The molecule has 31 heavy (non-hydrogen) atoms. The summed E-state index contributed by atoms with van der Waals surface area (Å²) in [6.07, 6.45) is 0. The minimum Gasteiger partial charge on any atom is -0.495 e. The van der Waals surface area contributed by atoms with E-state index in [0.717, 1.165) is 11.3 Å². The topological polar surface area (TPSA) is 79.4 Å². The van der Waals surface area contributed by atoms with Crippen LogP contribution in [0, 0.1) is 0 Å². The largest absolute Gasteiger partial charge is 0.495 e. The molecule has 0 spiro atoms. The van der Waals surface area contributed by atoms with Crippen LogP contribution in [0.25, 0.3) is 17.1 Å². The number of esters is 1. The Hall–Kier alpha value is -3.23. The number of benzene rings is 2. The normalized spacial score (nSPS) is 10.8. The Morgan fingerprint density at radius 1 is 1.10 bits per heavy atom. The van der Waals surface area contributed by atoms with Crippen LogP contribution in [0.4, 0.5) is 0 Å². The molecule has 0 bridgehead atoms. The fraction of sp³-hybridized carbons (Fsp3) is 0.136. The van der Waals surface area contributed by atoms with Crippen LogP contribution in [0.5, 0.6) is 5.75 Å². The van der Waals surface area contributed by atoms with Gasteiger partial charge in [-0.15, -0.1) is 10.2 Å². The molecule has 0 amide bonds. The highest BCUT2D eigenvalue weighted by molar-refractivity contribution is 7.98. The van der Waals surface area contributed by atoms with E-state index in [1.165, 1.54) is 18.9 Å². The Morgan fingerprint density at radius 3 is 2.61 bits per heavy atom. The van der Waals surface area contributed by atoms with Crippen molar-refractivity contribution in [1.29, 1.82) is 0 Å². The van der Waals surface area contributed by atoms with Gasteiger partial charge in [-0.3, -0.25) is 4.57 Å². The van der Waals surface area contributed by atoms with Crippen molar-refractivity contribution in [2.45, 2.75) is 10.9 Å². The maximum Gasteiger partial charge on any atom is 0.373 e. The van der Waals surface area contributed by atoms with Gasteiger partial charge in [0.2, 0.25) is 5.76 Å². The first kappa shape index (κ1) is 21.0. The Kier molecular flexibility index (Phi) is 6.29. The summed E-state index contributed by atoms with van der Waals surface area (Å²) in [5, 5.41) is 9.92. The first-order valence-electron chi connectivity index (χ1n) is 9.25. The Labute approximate surface area is 187 Å². The van der Waals surface area contributed by atoms with Crippen molar-refractivity contribution in [2.24, 2.45) is 0 Å². The van der Waals surface area contributed by atoms with Crippen molar-refractivity contribution >= 4 is 29.3 Å². The number of thioether (sulfide) groups is 1. The molecule has 2 heterocycles. The standard InChI is InChI=1S/C22H18ClN3O4S/c1-28-18-10-8-15(12-17(18)23)26-20(14-6-4-3-5-7-14)24-25-22(26)31-13-16-9-11-19(30-16)21(27)29-2/h3-12H,13H2,1-2H3. The van der Waals surface area contributed by atoms with Crippen molar-refractivity contribution in [1.82, 2.24) is 14.8 Å². The van der Waals surface area contributed by atoms with Gasteiger partial charge in [0.1, 0.15) is 11.5 Å². The maximum atomic E-state index is 11.6. The van der Waals surface area contributed by atoms with Crippen molar-refractivity contribution in [2.75, 3.05) is 14.2 Å². The zero-order valence-electron chi connectivity index (χ0n) is 16.7. The smallest absolute Gasteiger partial charge is 0.373 e. The lowest BCUT2D eigenvalue weighted by atomic mass is 10.2. The summed E-state index contributed by atoms with van der Waals surface area (Å²) in [5.41, 5.74) is 1.71. The molecule has 4 rings (SSSR count). The summed E-state index contributed by atoms with van der Waals surface area (Å²) in [4.78, 5) is 11.6. The van der Waals surface area contributed by atoms with E-state index in [1.54, 1.807) is 25.3 Å². The highest BCUT2D eigenvalue weighted by Crippen LogP contribution is 2.33. The van der Waals surface area contributed by atoms with Crippen LogP contribution in [0.15, 0.2) is 70.2 Å². The molecule has 7 nitrogen and oxygen atoms in total. The Morgan fingerprint density at radius 2 is 1.90 bits per heavy atom. The monoisotopic (exact) mass is 455 g/mol. The van der Waals surface area contributed by atoms with Crippen LogP contribution < -0.4 is 4.74 Å². The number of furan rings is 1. The van der Waals surface area contributed by atoms with E-state index in [9.17, 15) is 4.79 Å². The average molecular weight is 456 g/mol. The summed E-state index contributed by atoms with van der Waals surface area (Å²) < 4.78 is 17.4. The zero-order chi connectivity index (χ0) is 21.8. The Balaban J connectivity index is 1.69. The lowest BCUT2D eigenvalue weighted by molar-refractivity contribution is 0.0563. The van der Waals surface area contributed by atoms with Crippen molar-refractivity contribution in [3.63, 3.8) is 0 Å². The molecule has 0 N–H and O–H groups in total. The molecule has 158 valence electrons. The predicted octanol–water partition coefficient (Wildman–Crippen LogP) is 5.27. The van der Waals surface area contributed by atoms with Crippen LogP contribution in [0.3, 0.4) is 0 Å². The maximum absolute atomic E-state index is 11.6. The van der Waals surface area contributed by atoms with E-state index in [1.807, 2.05) is 47.0 Å². The molecule has 0 fully saturated rings. The van der Waals surface area contributed by atoms with E-state index >= 15 is 0 Å². The van der Waals surface area contributed by atoms with Gasteiger partial charge in [-0.1, -0.05) is 53.7 Å². The van der Waals surface area contributed by atoms with Gasteiger partial charge in [0, 0.05) is 5.56 Å². The third-order valence-electron chi connectivity index (χ3n) is 4.45. The van der Waals surface area contributed by atoms with Crippen LogP contribution >= 0.6 is 23.4 Å². The molecule has 0 aliphatic heterocycles. The summed E-state index contributed by atoms with van der Waals surface area (Å²) in [6.45, 7) is 0. The van der Waals surface area contributed by atoms with Crippen molar-refractivity contribution in [3.05, 3.63) is 77.2 Å². The number of hydrogen-bond acceptors (Lipinski definition) is 7. The molecule has 0 aliphatic rings.